The zero-order chi connectivity index (χ0) is 13.5. The molecule has 8 heteroatoms. The van der Waals surface area contributed by atoms with E-state index in [9.17, 15) is 13.2 Å². The summed E-state index contributed by atoms with van der Waals surface area (Å²) in [5, 5.41) is 0. The maximum Gasteiger partial charge on any atom is 0.280 e. The van der Waals surface area contributed by atoms with Crippen molar-refractivity contribution >= 4 is 21.7 Å². The van der Waals surface area contributed by atoms with Crippen molar-refractivity contribution in [2.75, 3.05) is 5.94 Å². The van der Waals surface area contributed by atoms with Gasteiger partial charge in [0.05, 0.1) is 0 Å². The van der Waals surface area contributed by atoms with E-state index < -0.39 is 21.7 Å². The maximum absolute atomic E-state index is 11.7. The molecule has 1 amide bonds. The van der Waals surface area contributed by atoms with Crippen LogP contribution in [0.2, 0.25) is 0 Å². The number of amides is 1. The van der Waals surface area contributed by atoms with Gasteiger partial charge in [-0.05, 0) is 24.6 Å². The fraction of sp³-hybridized carbons (Fsp3) is 0.200. The normalized spacial score (nSPS) is 15.6. The number of benzene rings is 1. The molecule has 2 rings (SSSR count). The number of guanidine groups is 1. The molecule has 0 atom stereocenters. The SMILES string of the molecule is Cc1cc2c(cc1C(=O)N=C(N)N)S(=O)(=O)CO2. The van der Waals surface area contributed by atoms with Crippen LogP contribution in [0.1, 0.15) is 15.9 Å². The second kappa shape index (κ2) is 3.98. The van der Waals surface area contributed by atoms with Crippen LogP contribution >= 0.6 is 0 Å². The van der Waals surface area contributed by atoms with Crippen LogP contribution in [0.15, 0.2) is 22.0 Å². The molecule has 0 aliphatic carbocycles. The van der Waals surface area contributed by atoms with E-state index in [1.165, 1.54) is 12.1 Å². The van der Waals surface area contributed by atoms with E-state index in [1.54, 1.807) is 6.92 Å². The number of nitrogens with zero attached hydrogens (tertiary/aromatic N) is 1. The van der Waals surface area contributed by atoms with E-state index in [2.05, 4.69) is 4.99 Å². The third kappa shape index (κ3) is 2.02. The van der Waals surface area contributed by atoms with Crippen LogP contribution < -0.4 is 16.2 Å². The smallest absolute Gasteiger partial charge is 0.280 e. The molecular weight excluding hydrogens is 258 g/mol. The molecule has 0 aromatic heterocycles. The predicted octanol–water partition coefficient (Wildman–Crippen LogP) is -0.468. The molecule has 0 saturated heterocycles. The molecule has 0 saturated carbocycles. The van der Waals surface area contributed by atoms with E-state index in [4.69, 9.17) is 16.2 Å². The second-order valence-corrected chi connectivity index (χ2v) is 5.74. The summed E-state index contributed by atoms with van der Waals surface area (Å²) in [4.78, 5) is 15.1. The molecule has 0 bridgehead atoms. The lowest BCUT2D eigenvalue weighted by molar-refractivity contribution is 0.100. The standard InChI is InChI=1S/C10H11N3O4S/c1-5-2-7-8(18(15,16)4-17-7)3-6(5)9(14)13-10(11)12/h2-3H,4H2,1H3,(H4,11,12,13,14). The van der Waals surface area contributed by atoms with E-state index in [0.717, 1.165) is 0 Å². The van der Waals surface area contributed by atoms with Gasteiger partial charge in [0.15, 0.2) is 11.9 Å². The van der Waals surface area contributed by atoms with Gasteiger partial charge in [0.2, 0.25) is 9.84 Å². The highest BCUT2D eigenvalue weighted by atomic mass is 32.2. The molecule has 0 unspecified atom stereocenters. The van der Waals surface area contributed by atoms with Crippen molar-refractivity contribution in [3.63, 3.8) is 0 Å². The summed E-state index contributed by atoms with van der Waals surface area (Å²) in [5.74, 6) is -1.23. The predicted molar refractivity (Wildman–Crippen MR) is 64.0 cm³/mol. The first-order valence-corrected chi connectivity index (χ1v) is 6.60. The van der Waals surface area contributed by atoms with Crippen LogP contribution in [0.3, 0.4) is 0 Å². The number of ether oxygens (including phenoxy) is 1. The minimum atomic E-state index is -3.49. The topological polar surface area (TPSA) is 125 Å². The molecule has 1 heterocycles. The Bertz CT molecular complexity index is 660. The Morgan fingerprint density at radius 2 is 2.06 bits per heavy atom. The number of hydrogen-bond donors (Lipinski definition) is 2. The highest BCUT2D eigenvalue weighted by Gasteiger charge is 2.30. The molecule has 1 aromatic rings. The first-order chi connectivity index (χ1) is 8.31. The zero-order valence-electron chi connectivity index (χ0n) is 9.50. The fourth-order valence-electron chi connectivity index (χ4n) is 1.63. The van der Waals surface area contributed by atoms with Gasteiger partial charge in [0.25, 0.3) is 5.91 Å². The van der Waals surface area contributed by atoms with Crippen molar-refractivity contribution < 1.29 is 17.9 Å². The molecule has 4 N–H and O–H groups in total. The maximum atomic E-state index is 11.7. The average molecular weight is 269 g/mol. The van der Waals surface area contributed by atoms with Crippen LogP contribution in [-0.2, 0) is 9.84 Å². The van der Waals surface area contributed by atoms with E-state index in [-0.39, 0.29) is 22.2 Å². The number of sulfone groups is 1. The number of aliphatic imine (C=N–C) groups is 1. The fourth-order valence-corrected chi connectivity index (χ4v) is 2.76. The van der Waals surface area contributed by atoms with Crippen LogP contribution in [0.4, 0.5) is 0 Å². The first kappa shape index (κ1) is 12.4. The summed E-state index contributed by atoms with van der Waals surface area (Å²) in [6.07, 6.45) is 0. The summed E-state index contributed by atoms with van der Waals surface area (Å²) < 4.78 is 28.3. The van der Waals surface area contributed by atoms with Crippen LogP contribution in [-0.4, -0.2) is 26.2 Å². The van der Waals surface area contributed by atoms with E-state index >= 15 is 0 Å². The largest absolute Gasteiger partial charge is 0.476 e. The number of carbonyl (C=O) groups excluding carboxylic acids is 1. The third-order valence-corrected chi connectivity index (χ3v) is 3.87. The van der Waals surface area contributed by atoms with Gasteiger partial charge in [-0.15, -0.1) is 0 Å². The Kier molecular flexibility index (Phi) is 2.74. The molecular formula is C10H11N3O4S. The Balaban J connectivity index is 2.59. The molecule has 1 aliphatic heterocycles. The lowest BCUT2D eigenvalue weighted by Crippen LogP contribution is -2.24. The summed E-state index contributed by atoms with van der Waals surface area (Å²) in [6, 6.07) is 2.72. The molecule has 7 nitrogen and oxygen atoms in total. The van der Waals surface area contributed by atoms with Crippen LogP contribution in [0.25, 0.3) is 0 Å². The van der Waals surface area contributed by atoms with Crippen molar-refractivity contribution in [3.05, 3.63) is 23.3 Å². The molecule has 0 spiro atoms. The quantitative estimate of drug-likeness (QED) is 0.524. The Morgan fingerprint density at radius 1 is 1.39 bits per heavy atom. The van der Waals surface area contributed by atoms with Gasteiger partial charge in [-0.1, -0.05) is 0 Å². The van der Waals surface area contributed by atoms with Gasteiger partial charge in [-0.3, -0.25) is 4.79 Å². The molecule has 18 heavy (non-hydrogen) atoms. The van der Waals surface area contributed by atoms with Crippen molar-refractivity contribution in [1.29, 1.82) is 0 Å². The molecule has 1 aromatic carbocycles. The van der Waals surface area contributed by atoms with Gasteiger partial charge >= 0.3 is 0 Å². The van der Waals surface area contributed by atoms with Crippen LogP contribution in [0.5, 0.6) is 5.75 Å². The number of fused-ring (bicyclic) bond motifs is 1. The molecule has 1 aliphatic rings. The number of aryl methyl sites for hydroxylation is 1. The highest BCUT2D eigenvalue weighted by Crippen LogP contribution is 2.34. The van der Waals surface area contributed by atoms with Crippen LogP contribution in [0, 0.1) is 6.92 Å². The first-order valence-electron chi connectivity index (χ1n) is 4.95. The van der Waals surface area contributed by atoms with Gasteiger partial charge in [0, 0.05) is 5.56 Å². The van der Waals surface area contributed by atoms with E-state index in [1.807, 2.05) is 0 Å². The summed E-state index contributed by atoms with van der Waals surface area (Å²) in [5.41, 5.74) is 10.9. The molecule has 0 fully saturated rings. The summed E-state index contributed by atoms with van der Waals surface area (Å²) in [7, 11) is -3.49. The minimum absolute atomic E-state index is 0.0118. The monoisotopic (exact) mass is 269 g/mol. The van der Waals surface area contributed by atoms with Crippen molar-refractivity contribution in [2.45, 2.75) is 11.8 Å². The van der Waals surface area contributed by atoms with Gasteiger partial charge in [-0.2, -0.15) is 4.99 Å². The highest BCUT2D eigenvalue weighted by molar-refractivity contribution is 7.91. The zero-order valence-corrected chi connectivity index (χ0v) is 10.3. The number of rotatable bonds is 1. The van der Waals surface area contributed by atoms with Crippen molar-refractivity contribution in [1.82, 2.24) is 0 Å². The van der Waals surface area contributed by atoms with Gasteiger partial charge in [0.1, 0.15) is 10.6 Å². The molecule has 96 valence electrons. The van der Waals surface area contributed by atoms with E-state index in [0.29, 0.717) is 5.56 Å². The minimum Gasteiger partial charge on any atom is -0.476 e. The summed E-state index contributed by atoms with van der Waals surface area (Å²) in [6.45, 7) is 1.64. The lowest BCUT2D eigenvalue weighted by Gasteiger charge is -2.04. The third-order valence-electron chi connectivity index (χ3n) is 2.46. The summed E-state index contributed by atoms with van der Waals surface area (Å²) >= 11 is 0. The van der Waals surface area contributed by atoms with Gasteiger partial charge in [-0.25, -0.2) is 8.42 Å². The number of nitrogens with two attached hydrogens (primary N) is 2. The lowest BCUT2D eigenvalue weighted by atomic mass is 10.1. The average Bonchev–Trinajstić information content (AvgIpc) is 2.52. The van der Waals surface area contributed by atoms with Gasteiger partial charge < -0.3 is 16.2 Å². The Hall–Kier alpha value is -2.09. The Labute approximate surface area is 103 Å². The van der Waals surface area contributed by atoms with Crippen molar-refractivity contribution in [3.8, 4) is 5.75 Å². The second-order valence-electron chi connectivity index (χ2n) is 3.83. The number of carbonyl (C=O) groups is 1. The number of hydrogen-bond acceptors (Lipinski definition) is 4. The van der Waals surface area contributed by atoms with Crippen molar-refractivity contribution in [2.24, 2.45) is 16.5 Å². The molecule has 0 radical (unpaired) electrons. The Morgan fingerprint density at radius 3 is 2.67 bits per heavy atom.